The van der Waals surface area contributed by atoms with Gasteiger partial charge in [0.2, 0.25) is 5.78 Å². The van der Waals surface area contributed by atoms with E-state index in [1.54, 1.807) is 0 Å². The van der Waals surface area contributed by atoms with Gasteiger partial charge in [0, 0.05) is 31.3 Å². The van der Waals surface area contributed by atoms with Gasteiger partial charge >= 0.3 is 6.03 Å². The third-order valence-corrected chi connectivity index (χ3v) is 5.34. The summed E-state index contributed by atoms with van der Waals surface area (Å²) in [6.07, 6.45) is 7.14. The summed E-state index contributed by atoms with van der Waals surface area (Å²) in [5.41, 5.74) is 0. The number of nitrogens with zero attached hydrogens (tertiary/aromatic N) is 3. The van der Waals surface area contributed by atoms with E-state index in [0.717, 1.165) is 25.8 Å². The van der Waals surface area contributed by atoms with E-state index in [2.05, 4.69) is 22.4 Å². The molecule has 0 bridgehead atoms. The molecular formula is C19H32N4O3S. The van der Waals surface area contributed by atoms with Gasteiger partial charge in [0.1, 0.15) is 0 Å². The van der Waals surface area contributed by atoms with Crippen molar-refractivity contribution in [2.24, 2.45) is 5.92 Å². The second-order valence-corrected chi connectivity index (χ2v) is 8.56. The number of hydrogen-bond acceptors (Lipinski definition) is 6. The number of thioether (sulfide) groups is 1. The Labute approximate surface area is 166 Å². The fourth-order valence-corrected chi connectivity index (χ4v) is 3.90. The molecule has 1 fully saturated rings. The molecule has 1 aliphatic carbocycles. The number of amides is 2. The van der Waals surface area contributed by atoms with Gasteiger partial charge in [-0.15, -0.1) is 10.2 Å². The molecule has 0 aliphatic heterocycles. The standard InChI is InChI=1S/C19H32N4O3S/c1-4-10-23(18(25)20-15-8-6-5-7-9-15)11-12-27-19-22-21-17(26-19)16(24)13-14(2)3/h14-15H,4-13H2,1-3H3,(H,20,25). The highest BCUT2D eigenvalue weighted by Gasteiger charge is 2.20. The number of nitrogens with one attached hydrogen (secondary N) is 1. The third-order valence-electron chi connectivity index (χ3n) is 4.54. The van der Waals surface area contributed by atoms with Gasteiger partial charge in [-0.2, -0.15) is 0 Å². The monoisotopic (exact) mass is 396 g/mol. The Bertz CT molecular complexity index is 600. The van der Waals surface area contributed by atoms with Crippen LogP contribution in [-0.2, 0) is 0 Å². The summed E-state index contributed by atoms with van der Waals surface area (Å²) in [5, 5.41) is 11.3. The van der Waals surface area contributed by atoms with Crippen LogP contribution < -0.4 is 5.32 Å². The topological polar surface area (TPSA) is 88.3 Å². The van der Waals surface area contributed by atoms with Gasteiger partial charge in [0.25, 0.3) is 11.1 Å². The molecule has 27 heavy (non-hydrogen) atoms. The molecular weight excluding hydrogens is 364 g/mol. The Morgan fingerprint density at radius 1 is 1.22 bits per heavy atom. The first-order valence-electron chi connectivity index (χ1n) is 10.0. The zero-order valence-corrected chi connectivity index (χ0v) is 17.5. The average Bonchev–Trinajstić information content (AvgIpc) is 3.10. The van der Waals surface area contributed by atoms with Crippen LogP contribution in [0.5, 0.6) is 0 Å². The van der Waals surface area contributed by atoms with E-state index in [4.69, 9.17) is 4.42 Å². The van der Waals surface area contributed by atoms with Crippen LogP contribution in [0.3, 0.4) is 0 Å². The Morgan fingerprint density at radius 2 is 1.96 bits per heavy atom. The highest BCUT2D eigenvalue weighted by atomic mass is 32.2. The molecule has 1 saturated carbocycles. The third kappa shape index (κ3) is 7.52. The number of aromatic nitrogens is 2. The number of rotatable bonds is 10. The number of Topliss-reactive ketones (excluding diaryl/α,β-unsaturated/α-hetero) is 1. The fourth-order valence-electron chi connectivity index (χ4n) is 3.18. The van der Waals surface area contributed by atoms with Gasteiger partial charge in [0.15, 0.2) is 0 Å². The van der Waals surface area contributed by atoms with Crippen LogP contribution in [0.2, 0.25) is 0 Å². The molecule has 152 valence electrons. The molecule has 0 saturated heterocycles. The van der Waals surface area contributed by atoms with E-state index in [1.165, 1.54) is 31.0 Å². The van der Waals surface area contributed by atoms with Crippen molar-refractivity contribution in [3.8, 4) is 0 Å². The lowest BCUT2D eigenvalue weighted by Crippen LogP contribution is -2.46. The van der Waals surface area contributed by atoms with E-state index in [9.17, 15) is 9.59 Å². The maximum Gasteiger partial charge on any atom is 0.317 e. The summed E-state index contributed by atoms with van der Waals surface area (Å²) in [7, 11) is 0. The number of urea groups is 1. The van der Waals surface area contributed by atoms with Crippen LogP contribution in [0.1, 0.15) is 76.4 Å². The van der Waals surface area contributed by atoms with Crippen molar-refractivity contribution in [3.05, 3.63) is 5.89 Å². The van der Waals surface area contributed by atoms with Crippen molar-refractivity contribution in [2.75, 3.05) is 18.8 Å². The van der Waals surface area contributed by atoms with Crippen molar-refractivity contribution >= 4 is 23.6 Å². The smallest absolute Gasteiger partial charge is 0.317 e. The Balaban J connectivity index is 1.79. The quantitative estimate of drug-likeness (QED) is 0.472. The van der Waals surface area contributed by atoms with E-state index >= 15 is 0 Å². The van der Waals surface area contributed by atoms with Gasteiger partial charge in [-0.1, -0.05) is 51.8 Å². The normalized spacial score (nSPS) is 15.1. The summed E-state index contributed by atoms with van der Waals surface area (Å²) in [6.45, 7) is 7.35. The molecule has 0 radical (unpaired) electrons. The summed E-state index contributed by atoms with van der Waals surface area (Å²) in [4.78, 5) is 26.3. The van der Waals surface area contributed by atoms with Crippen LogP contribution >= 0.6 is 11.8 Å². The van der Waals surface area contributed by atoms with E-state index < -0.39 is 0 Å². The van der Waals surface area contributed by atoms with Gasteiger partial charge in [0.05, 0.1) is 0 Å². The number of hydrogen-bond donors (Lipinski definition) is 1. The Hall–Kier alpha value is -1.57. The highest BCUT2D eigenvalue weighted by Crippen LogP contribution is 2.19. The van der Waals surface area contributed by atoms with Gasteiger partial charge in [-0.25, -0.2) is 4.79 Å². The minimum atomic E-state index is -0.121. The second-order valence-electron chi connectivity index (χ2n) is 7.51. The van der Waals surface area contributed by atoms with E-state index in [1.807, 2.05) is 18.7 Å². The predicted octanol–water partition coefficient (Wildman–Crippen LogP) is 4.14. The molecule has 1 heterocycles. The number of carbonyl (C=O) groups excluding carboxylic acids is 2. The lowest BCUT2D eigenvalue weighted by molar-refractivity contribution is 0.0929. The summed E-state index contributed by atoms with van der Waals surface area (Å²) in [5.74, 6) is 0.860. The maximum atomic E-state index is 12.5. The molecule has 7 nitrogen and oxygen atoms in total. The average molecular weight is 397 g/mol. The Morgan fingerprint density at radius 3 is 2.63 bits per heavy atom. The molecule has 0 aromatic carbocycles. The van der Waals surface area contributed by atoms with Crippen LogP contribution in [-0.4, -0.2) is 51.8 Å². The summed E-state index contributed by atoms with van der Waals surface area (Å²) >= 11 is 1.38. The highest BCUT2D eigenvalue weighted by molar-refractivity contribution is 7.99. The molecule has 0 unspecified atom stereocenters. The van der Waals surface area contributed by atoms with E-state index in [0.29, 0.717) is 30.0 Å². The van der Waals surface area contributed by atoms with Gasteiger partial charge in [-0.3, -0.25) is 4.79 Å². The number of ketones is 1. The summed E-state index contributed by atoms with van der Waals surface area (Å²) < 4.78 is 5.44. The molecule has 1 aliphatic rings. The van der Waals surface area contributed by atoms with Crippen LogP contribution in [0.25, 0.3) is 0 Å². The molecule has 0 atom stereocenters. The molecule has 1 N–H and O–H groups in total. The molecule has 1 aromatic heterocycles. The largest absolute Gasteiger partial charge is 0.408 e. The Kier molecular flexibility index (Phi) is 9.10. The zero-order valence-electron chi connectivity index (χ0n) is 16.7. The molecule has 0 spiro atoms. The zero-order chi connectivity index (χ0) is 19.6. The first kappa shape index (κ1) is 21.7. The minimum absolute atomic E-state index is 0.0164. The van der Waals surface area contributed by atoms with Gasteiger partial charge < -0.3 is 14.6 Å². The molecule has 8 heteroatoms. The predicted molar refractivity (Wildman–Crippen MR) is 106 cm³/mol. The molecule has 2 amide bonds. The van der Waals surface area contributed by atoms with E-state index in [-0.39, 0.29) is 23.6 Å². The summed E-state index contributed by atoms with van der Waals surface area (Å²) in [6, 6.07) is 0.325. The van der Waals surface area contributed by atoms with Crippen molar-refractivity contribution in [2.45, 2.75) is 77.0 Å². The minimum Gasteiger partial charge on any atom is -0.408 e. The fraction of sp³-hybridized carbons (Fsp3) is 0.789. The molecule has 1 aromatic rings. The van der Waals surface area contributed by atoms with Crippen LogP contribution in [0.4, 0.5) is 4.79 Å². The molecule has 2 rings (SSSR count). The lowest BCUT2D eigenvalue weighted by atomic mass is 9.96. The van der Waals surface area contributed by atoms with Crippen molar-refractivity contribution in [1.82, 2.24) is 20.4 Å². The van der Waals surface area contributed by atoms with Crippen molar-refractivity contribution < 1.29 is 14.0 Å². The second kappa shape index (κ2) is 11.3. The van der Waals surface area contributed by atoms with Crippen LogP contribution in [0.15, 0.2) is 9.64 Å². The first-order valence-corrected chi connectivity index (χ1v) is 11.0. The number of carbonyl (C=O) groups is 2. The maximum absolute atomic E-state index is 12.5. The SMILES string of the molecule is CCCN(CCSc1nnc(C(=O)CC(C)C)o1)C(=O)NC1CCCCC1. The van der Waals surface area contributed by atoms with Crippen LogP contribution in [0, 0.1) is 5.92 Å². The van der Waals surface area contributed by atoms with Gasteiger partial charge in [-0.05, 0) is 25.2 Å². The van der Waals surface area contributed by atoms with Crippen molar-refractivity contribution in [3.63, 3.8) is 0 Å². The lowest BCUT2D eigenvalue weighted by Gasteiger charge is -2.28. The first-order chi connectivity index (χ1) is 13.0. The van der Waals surface area contributed by atoms with Crippen molar-refractivity contribution in [1.29, 1.82) is 0 Å².